The second-order valence-corrected chi connectivity index (χ2v) is 10.4. The van der Waals surface area contributed by atoms with Crippen molar-refractivity contribution in [1.82, 2.24) is 24.5 Å². The standard InChI is InChI=1S/C26H26N6O3S/c1-17(31(2)3)16-35-25-11-8-18(12-28-25)19-13-29-26-23(14-30-32(26)15-19)21-9-10-24(36(27,33)34)22-7-5-4-6-20(21)22/h4-15,17H,16H2,1-3H3,(H2,27,33,34). The third-order valence-corrected chi connectivity index (χ3v) is 7.23. The Hall–Kier alpha value is -3.86. The van der Waals surface area contributed by atoms with Crippen molar-refractivity contribution in [3.63, 3.8) is 0 Å². The molecular weight excluding hydrogens is 476 g/mol. The van der Waals surface area contributed by atoms with Gasteiger partial charge in [-0.2, -0.15) is 5.10 Å². The van der Waals surface area contributed by atoms with Gasteiger partial charge in [-0.3, -0.25) is 0 Å². The molecule has 36 heavy (non-hydrogen) atoms. The molecule has 184 valence electrons. The van der Waals surface area contributed by atoms with Crippen molar-refractivity contribution in [2.24, 2.45) is 5.14 Å². The monoisotopic (exact) mass is 502 g/mol. The third-order valence-electron chi connectivity index (χ3n) is 6.26. The number of sulfonamides is 1. The van der Waals surface area contributed by atoms with Crippen LogP contribution in [0.25, 0.3) is 38.7 Å². The van der Waals surface area contributed by atoms with E-state index in [0.29, 0.717) is 23.5 Å². The van der Waals surface area contributed by atoms with E-state index >= 15 is 0 Å². The summed E-state index contributed by atoms with van der Waals surface area (Å²) in [6.45, 7) is 2.64. The van der Waals surface area contributed by atoms with Crippen molar-refractivity contribution in [1.29, 1.82) is 0 Å². The summed E-state index contributed by atoms with van der Waals surface area (Å²) in [6, 6.07) is 14.6. The van der Waals surface area contributed by atoms with Gasteiger partial charge in [0.2, 0.25) is 15.9 Å². The largest absolute Gasteiger partial charge is 0.476 e. The molecule has 5 rings (SSSR count). The van der Waals surface area contributed by atoms with Crippen LogP contribution >= 0.6 is 0 Å². The second kappa shape index (κ2) is 9.30. The summed E-state index contributed by atoms with van der Waals surface area (Å²) in [7, 11) is 0.158. The summed E-state index contributed by atoms with van der Waals surface area (Å²) in [5.41, 5.74) is 4.00. The number of nitrogens with zero attached hydrogens (tertiary/aromatic N) is 5. The second-order valence-electron chi connectivity index (χ2n) is 8.88. The van der Waals surface area contributed by atoms with Gasteiger partial charge in [-0.05, 0) is 44.1 Å². The molecule has 0 fully saturated rings. The number of pyridine rings is 1. The number of rotatable bonds is 7. The normalized spacial score (nSPS) is 12.9. The maximum atomic E-state index is 12.1. The molecule has 1 atom stereocenters. The van der Waals surface area contributed by atoms with Crippen LogP contribution in [0.15, 0.2) is 78.2 Å². The minimum Gasteiger partial charge on any atom is -0.476 e. The molecule has 3 aromatic heterocycles. The lowest BCUT2D eigenvalue weighted by Gasteiger charge is -2.19. The SMILES string of the molecule is CC(COc1ccc(-c2cnc3c(-c4ccc(S(N)(=O)=O)c5ccccc45)cnn3c2)cn1)N(C)C. The van der Waals surface area contributed by atoms with Crippen LogP contribution in [0.1, 0.15) is 6.92 Å². The van der Waals surface area contributed by atoms with Crippen LogP contribution < -0.4 is 9.88 Å². The Morgan fingerprint density at radius 1 is 0.944 bits per heavy atom. The quantitative estimate of drug-likeness (QED) is 0.362. The number of ether oxygens (including phenoxy) is 1. The zero-order valence-corrected chi connectivity index (χ0v) is 21.0. The Morgan fingerprint density at radius 2 is 1.69 bits per heavy atom. The molecule has 2 N–H and O–H groups in total. The summed E-state index contributed by atoms with van der Waals surface area (Å²) in [4.78, 5) is 11.3. The minimum atomic E-state index is -3.86. The van der Waals surface area contributed by atoms with Crippen LogP contribution in [0.2, 0.25) is 0 Å². The molecule has 3 heterocycles. The number of aromatic nitrogens is 4. The first-order chi connectivity index (χ1) is 17.2. The van der Waals surface area contributed by atoms with Crippen LogP contribution in [-0.4, -0.2) is 59.6 Å². The van der Waals surface area contributed by atoms with Gasteiger partial charge in [0.25, 0.3) is 0 Å². The number of benzene rings is 2. The zero-order chi connectivity index (χ0) is 25.4. The number of hydrogen-bond donors (Lipinski definition) is 1. The Kier molecular flexibility index (Phi) is 6.17. The molecule has 0 amide bonds. The van der Waals surface area contributed by atoms with E-state index in [2.05, 4.69) is 26.9 Å². The molecular formula is C26H26N6O3S. The van der Waals surface area contributed by atoms with Gasteiger partial charge in [0.1, 0.15) is 6.61 Å². The highest BCUT2D eigenvalue weighted by Crippen LogP contribution is 2.34. The molecule has 0 saturated heterocycles. The number of nitrogens with two attached hydrogens (primary N) is 1. The maximum Gasteiger partial charge on any atom is 0.238 e. The predicted octanol–water partition coefficient (Wildman–Crippen LogP) is 3.59. The lowest BCUT2D eigenvalue weighted by molar-refractivity contribution is 0.193. The summed E-state index contributed by atoms with van der Waals surface area (Å²) in [5.74, 6) is 0.567. The van der Waals surface area contributed by atoms with Gasteiger partial charge >= 0.3 is 0 Å². The lowest BCUT2D eigenvalue weighted by Crippen LogP contribution is -2.30. The number of primary sulfonamides is 1. The van der Waals surface area contributed by atoms with E-state index in [1.807, 2.05) is 44.6 Å². The molecule has 0 saturated carbocycles. The van der Waals surface area contributed by atoms with Crippen molar-refractivity contribution in [2.75, 3.05) is 20.7 Å². The van der Waals surface area contributed by atoms with Crippen LogP contribution in [0, 0.1) is 0 Å². The smallest absolute Gasteiger partial charge is 0.238 e. The Labute approximate surface area is 209 Å². The van der Waals surface area contributed by atoms with Gasteiger partial charge in [0.15, 0.2) is 5.65 Å². The van der Waals surface area contributed by atoms with E-state index in [-0.39, 0.29) is 10.9 Å². The van der Waals surface area contributed by atoms with E-state index in [0.717, 1.165) is 27.6 Å². The van der Waals surface area contributed by atoms with Gasteiger partial charge in [0.05, 0.1) is 11.1 Å². The fourth-order valence-electron chi connectivity index (χ4n) is 3.96. The predicted molar refractivity (Wildman–Crippen MR) is 139 cm³/mol. The van der Waals surface area contributed by atoms with E-state index in [1.165, 1.54) is 6.07 Å². The molecule has 10 heteroatoms. The van der Waals surface area contributed by atoms with Gasteiger partial charge in [-0.25, -0.2) is 28.0 Å². The molecule has 0 bridgehead atoms. The highest BCUT2D eigenvalue weighted by molar-refractivity contribution is 7.89. The Bertz CT molecular complexity index is 1660. The third kappa shape index (κ3) is 4.53. The number of hydrogen-bond acceptors (Lipinski definition) is 7. The molecule has 1 unspecified atom stereocenters. The molecule has 9 nitrogen and oxygen atoms in total. The molecule has 0 spiro atoms. The lowest BCUT2D eigenvalue weighted by atomic mass is 10.00. The summed E-state index contributed by atoms with van der Waals surface area (Å²) < 4.78 is 31.6. The van der Waals surface area contributed by atoms with Crippen molar-refractivity contribution < 1.29 is 13.2 Å². The first-order valence-corrected chi connectivity index (χ1v) is 12.9. The minimum absolute atomic E-state index is 0.0877. The van der Waals surface area contributed by atoms with Crippen LogP contribution in [0.4, 0.5) is 0 Å². The van der Waals surface area contributed by atoms with Crippen LogP contribution in [0.5, 0.6) is 5.88 Å². The topological polar surface area (TPSA) is 116 Å². The molecule has 0 aliphatic heterocycles. The molecule has 2 aromatic carbocycles. The first-order valence-electron chi connectivity index (χ1n) is 11.4. The average Bonchev–Trinajstić information content (AvgIpc) is 3.29. The van der Waals surface area contributed by atoms with Gasteiger partial charge in [-0.1, -0.05) is 30.3 Å². The maximum absolute atomic E-state index is 12.1. The van der Waals surface area contributed by atoms with E-state index in [4.69, 9.17) is 9.88 Å². The molecule has 5 aromatic rings. The Balaban J connectivity index is 1.47. The van der Waals surface area contributed by atoms with Crippen LogP contribution in [0.3, 0.4) is 0 Å². The van der Waals surface area contributed by atoms with Crippen molar-refractivity contribution in [3.8, 4) is 28.1 Å². The van der Waals surface area contributed by atoms with Gasteiger partial charge in [0, 0.05) is 52.8 Å². The van der Waals surface area contributed by atoms with E-state index < -0.39 is 10.0 Å². The zero-order valence-electron chi connectivity index (χ0n) is 20.2. The molecule has 0 aliphatic carbocycles. The van der Waals surface area contributed by atoms with E-state index in [9.17, 15) is 8.42 Å². The molecule has 0 radical (unpaired) electrons. The summed E-state index contributed by atoms with van der Waals surface area (Å²) in [5, 5.41) is 11.3. The van der Waals surface area contributed by atoms with Crippen molar-refractivity contribution >= 4 is 26.4 Å². The fraction of sp³-hybridized carbons (Fsp3) is 0.192. The van der Waals surface area contributed by atoms with Gasteiger partial charge in [-0.15, -0.1) is 0 Å². The van der Waals surface area contributed by atoms with Crippen molar-refractivity contribution in [3.05, 3.63) is 73.3 Å². The Morgan fingerprint density at radius 3 is 2.39 bits per heavy atom. The fourth-order valence-corrected chi connectivity index (χ4v) is 4.70. The first kappa shape index (κ1) is 23.9. The highest BCUT2D eigenvalue weighted by atomic mass is 32.2. The number of fused-ring (bicyclic) bond motifs is 2. The van der Waals surface area contributed by atoms with Gasteiger partial charge < -0.3 is 9.64 Å². The average molecular weight is 503 g/mol. The van der Waals surface area contributed by atoms with Crippen LogP contribution in [-0.2, 0) is 10.0 Å². The highest BCUT2D eigenvalue weighted by Gasteiger charge is 2.18. The summed E-state index contributed by atoms with van der Waals surface area (Å²) >= 11 is 0. The number of likely N-dealkylation sites (N-methyl/N-ethyl adjacent to an activating group) is 1. The van der Waals surface area contributed by atoms with Crippen molar-refractivity contribution in [2.45, 2.75) is 17.9 Å². The molecule has 0 aliphatic rings. The summed E-state index contributed by atoms with van der Waals surface area (Å²) in [6.07, 6.45) is 7.14. The van der Waals surface area contributed by atoms with E-state index in [1.54, 1.807) is 41.3 Å².